The van der Waals surface area contributed by atoms with Gasteiger partial charge >= 0.3 is 0 Å². The Hall–Kier alpha value is -0.280. The van der Waals surface area contributed by atoms with Crippen LogP contribution < -0.4 is 5.73 Å². The van der Waals surface area contributed by atoms with Gasteiger partial charge in [-0.2, -0.15) is 0 Å². The molecule has 0 saturated heterocycles. The minimum absolute atomic E-state index is 0.264. The van der Waals surface area contributed by atoms with E-state index in [1.807, 2.05) is 0 Å². The number of nitrogens with two attached hydrogens (primary N) is 1. The molecule has 20 heavy (non-hydrogen) atoms. The minimum Gasteiger partial charge on any atom is -0.388 e. The quantitative estimate of drug-likeness (QED) is 0.854. The van der Waals surface area contributed by atoms with Gasteiger partial charge in [-0.3, -0.25) is 0 Å². The predicted molar refractivity (Wildman–Crippen MR) is 85.2 cm³/mol. The molecular formula is C16H23Cl2NO. The summed E-state index contributed by atoms with van der Waals surface area (Å²) >= 11 is 12.3. The fourth-order valence-electron chi connectivity index (χ4n) is 3.30. The average molecular weight is 316 g/mol. The third kappa shape index (κ3) is 3.14. The number of aliphatic hydroxyl groups is 1. The molecular weight excluding hydrogens is 293 g/mol. The van der Waals surface area contributed by atoms with Gasteiger partial charge in [0.2, 0.25) is 0 Å². The van der Waals surface area contributed by atoms with Crippen LogP contribution in [-0.4, -0.2) is 11.7 Å². The summed E-state index contributed by atoms with van der Waals surface area (Å²) in [6.07, 6.45) is 4.72. The van der Waals surface area contributed by atoms with Gasteiger partial charge in [-0.15, -0.1) is 0 Å². The summed E-state index contributed by atoms with van der Waals surface area (Å²) in [5, 5.41) is 12.0. The van der Waals surface area contributed by atoms with E-state index in [-0.39, 0.29) is 5.41 Å². The molecule has 0 radical (unpaired) electrons. The van der Waals surface area contributed by atoms with Crippen LogP contribution >= 0.6 is 23.2 Å². The Labute approximate surface area is 131 Å². The van der Waals surface area contributed by atoms with Crippen molar-refractivity contribution >= 4 is 23.2 Å². The highest BCUT2D eigenvalue weighted by molar-refractivity contribution is 6.33. The molecule has 2 nitrogen and oxygen atoms in total. The van der Waals surface area contributed by atoms with Crippen LogP contribution in [0.2, 0.25) is 10.0 Å². The van der Waals surface area contributed by atoms with Gasteiger partial charge < -0.3 is 10.8 Å². The standard InChI is InChI=1S/C16H23Cl2NO/c1-2-11-5-7-16(10-19,8-6-11)15(20)13-9-12(17)3-4-14(13)18/h3-4,9,11,15,20H,2,5-8,10,19H2,1H3. The SMILES string of the molecule is CCC1CCC(CN)(C(O)c2cc(Cl)ccc2Cl)CC1. The zero-order chi connectivity index (χ0) is 14.8. The van der Waals surface area contributed by atoms with Crippen LogP contribution in [0.15, 0.2) is 18.2 Å². The van der Waals surface area contributed by atoms with Crippen LogP contribution in [0.5, 0.6) is 0 Å². The van der Waals surface area contributed by atoms with Crippen molar-refractivity contribution in [3.05, 3.63) is 33.8 Å². The van der Waals surface area contributed by atoms with Crippen molar-refractivity contribution in [1.82, 2.24) is 0 Å². The van der Waals surface area contributed by atoms with Crippen LogP contribution in [0.3, 0.4) is 0 Å². The van der Waals surface area contributed by atoms with E-state index in [0.717, 1.165) is 31.6 Å². The molecule has 0 heterocycles. The second-order valence-electron chi connectivity index (χ2n) is 5.99. The topological polar surface area (TPSA) is 46.2 Å². The molecule has 0 amide bonds. The molecule has 0 aromatic heterocycles. The molecule has 1 aromatic rings. The fraction of sp³-hybridized carbons (Fsp3) is 0.625. The maximum absolute atomic E-state index is 10.8. The zero-order valence-electron chi connectivity index (χ0n) is 11.9. The van der Waals surface area contributed by atoms with Crippen LogP contribution in [0, 0.1) is 11.3 Å². The lowest BCUT2D eigenvalue weighted by molar-refractivity contribution is -0.0102. The second-order valence-corrected chi connectivity index (χ2v) is 6.83. The summed E-state index contributed by atoms with van der Waals surface area (Å²) in [6, 6.07) is 5.24. The minimum atomic E-state index is -0.642. The summed E-state index contributed by atoms with van der Waals surface area (Å²) in [6.45, 7) is 2.71. The highest BCUT2D eigenvalue weighted by Gasteiger charge is 2.41. The number of aliphatic hydroxyl groups excluding tert-OH is 1. The van der Waals surface area contributed by atoms with Crippen molar-refractivity contribution in [3.63, 3.8) is 0 Å². The first-order valence-corrected chi connectivity index (χ1v) is 8.11. The number of hydrogen-bond donors (Lipinski definition) is 2. The van der Waals surface area contributed by atoms with E-state index in [1.165, 1.54) is 6.42 Å². The fourth-order valence-corrected chi connectivity index (χ4v) is 3.71. The van der Waals surface area contributed by atoms with E-state index in [4.69, 9.17) is 28.9 Å². The van der Waals surface area contributed by atoms with Gasteiger partial charge in [-0.05, 0) is 49.8 Å². The van der Waals surface area contributed by atoms with Crippen molar-refractivity contribution in [3.8, 4) is 0 Å². The summed E-state index contributed by atoms with van der Waals surface area (Å²) in [5.74, 6) is 0.761. The number of halogens is 2. The average Bonchev–Trinajstić information content (AvgIpc) is 2.49. The summed E-state index contributed by atoms with van der Waals surface area (Å²) in [4.78, 5) is 0. The van der Waals surface area contributed by atoms with Crippen LogP contribution in [0.4, 0.5) is 0 Å². The highest BCUT2D eigenvalue weighted by atomic mass is 35.5. The van der Waals surface area contributed by atoms with Gasteiger partial charge in [-0.25, -0.2) is 0 Å². The lowest BCUT2D eigenvalue weighted by Crippen LogP contribution is -2.40. The Morgan fingerprint density at radius 2 is 2.00 bits per heavy atom. The predicted octanol–water partition coefficient (Wildman–Crippen LogP) is 4.57. The smallest absolute Gasteiger partial charge is 0.0873 e. The Morgan fingerprint density at radius 3 is 2.55 bits per heavy atom. The molecule has 1 unspecified atom stereocenters. The maximum Gasteiger partial charge on any atom is 0.0873 e. The summed E-state index contributed by atoms with van der Waals surface area (Å²) in [5.41, 5.74) is 6.46. The van der Waals surface area contributed by atoms with Gasteiger partial charge in [0.25, 0.3) is 0 Å². The first-order chi connectivity index (χ1) is 9.52. The lowest BCUT2D eigenvalue weighted by atomic mass is 9.65. The summed E-state index contributed by atoms with van der Waals surface area (Å²) < 4.78 is 0. The first kappa shape index (κ1) is 16.1. The van der Waals surface area contributed by atoms with Crippen LogP contribution in [0.1, 0.15) is 50.7 Å². The number of hydrogen-bond acceptors (Lipinski definition) is 2. The van der Waals surface area contributed by atoms with E-state index in [0.29, 0.717) is 22.2 Å². The van der Waals surface area contributed by atoms with E-state index in [2.05, 4.69) is 6.92 Å². The van der Waals surface area contributed by atoms with E-state index in [1.54, 1.807) is 18.2 Å². The second kappa shape index (κ2) is 6.65. The van der Waals surface area contributed by atoms with E-state index >= 15 is 0 Å². The molecule has 1 saturated carbocycles. The van der Waals surface area contributed by atoms with Crippen LogP contribution in [0.25, 0.3) is 0 Å². The van der Waals surface area contributed by atoms with Crippen molar-refractivity contribution in [2.24, 2.45) is 17.1 Å². The van der Waals surface area contributed by atoms with Gasteiger partial charge in [0.15, 0.2) is 0 Å². The molecule has 112 valence electrons. The van der Waals surface area contributed by atoms with Crippen molar-refractivity contribution in [2.75, 3.05) is 6.54 Å². The molecule has 0 bridgehead atoms. The van der Waals surface area contributed by atoms with Crippen molar-refractivity contribution < 1.29 is 5.11 Å². The molecule has 1 aromatic carbocycles. The van der Waals surface area contributed by atoms with Crippen LogP contribution in [-0.2, 0) is 0 Å². The number of benzene rings is 1. The van der Waals surface area contributed by atoms with Gasteiger partial charge in [-0.1, -0.05) is 36.5 Å². The van der Waals surface area contributed by atoms with Gasteiger partial charge in [0.05, 0.1) is 6.10 Å². The molecule has 1 aliphatic carbocycles. The van der Waals surface area contributed by atoms with Gasteiger partial charge in [0, 0.05) is 27.6 Å². The molecule has 1 fully saturated rings. The maximum atomic E-state index is 10.8. The lowest BCUT2D eigenvalue weighted by Gasteiger charge is -2.43. The van der Waals surface area contributed by atoms with E-state index in [9.17, 15) is 5.11 Å². The Morgan fingerprint density at radius 1 is 1.35 bits per heavy atom. The largest absolute Gasteiger partial charge is 0.388 e. The molecule has 4 heteroatoms. The van der Waals surface area contributed by atoms with Crippen molar-refractivity contribution in [2.45, 2.75) is 45.1 Å². The molecule has 1 aliphatic rings. The molecule has 0 aliphatic heterocycles. The molecule has 0 spiro atoms. The highest BCUT2D eigenvalue weighted by Crippen LogP contribution is 2.48. The van der Waals surface area contributed by atoms with Crippen molar-refractivity contribution in [1.29, 1.82) is 0 Å². The number of rotatable bonds is 4. The normalized spacial score (nSPS) is 28.4. The molecule has 2 rings (SSSR count). The monoisotopic (exact) mass is 315 g/mol. The molecule has 3 N–H and O–H groups in total. The Kier molecular flexibility index (Phi) is 5.36. The third-order valence-electron chi connectivity index (χ3n) is 4.92. The van der Waals surface area contributed by atoms with Gasteiger partial charge in [0.1, 0.15) is 0 Å². The third-order valence-corrected chi connectivity index (χ3v) is 5.50. The summed E-state index contributed by atoms with van der Waals surface area (Å²) in [7, 11) is 0. The molecule has 1 atom stereocenters. The Bertz CT molecular complexity index is 456. The first-order valence-electron chi connectivity index (χ1n) is 7.35. The Balaban J connectivity index is 2.25. The zero-order valence-corrected chi connectivity index (χ0v) is 13.4. The van der Waals surface area contributed by atoms with E-state index < -0.39 is 6.10 Å².